The highest BCUT2D eigenvalue weighted by molar-refractivity contribution is 7.90. The number of halogens is 1. The molecule has 4 rings (SSSR count). The average molecular weight is 466 g/mol. The third-order valence-corrected chi connectivity index (χ3v) is 6.91. The largest absolute Gasteiger partial charge is 0.339 e. The molecule has 2 heterocycles. The van der Waals surface area contributed by atoms with Crippen molar-refractivity contribution in [2.45, 2.75) is 37.0 Å². The van der Waals surface area contributed by atoms with E-state index < -0.39 is 21.7 Å². The molecule has 2 aromatic heterocycles. The third-order valence-electron chi connectivity index (χ3n) is 4.66. The van der Waals surface area contributed by atoms with Gasteiger partial charge in [-0.25, -0.2) is 22.6 Å². The fourth-order valence-electron chi connectivity index (χ4n) is 2.96. The van der Waals surface area contributed by atoms with Gasteiger partial charge in [-0.3, -0.25) is 5.32 Å². The number of rotatable bonds is 7. The van der Waals surface area contributed by atoms with Gasteiger partial charge in [-0.1, -0.05) is 22.6 Å². The zero-order chi connectivity index (χ0) is 22.2. The lowest BCUT2D eigenvalue weighted by atomic mass is 10.1. The molecular formula is C19H20FN5O4S2. The van der Waals surface area contributed by atoms with Crippen LogP contribution in [-0.2, 0) is 16.3 Å². The van der Waals surface area contributed by atoms with Gasteiger partial charge in [-0.05, 0) is 37.5 Å². The molecule has 1 saturated carbocycles. The van der Waals surface area contributed by atoms with Crippen molar-refractivity contribution in [2.24, 2.45) is 0 Å². The molecular weight excluding hydrogens is 445 g/mol. The average Bonchev–Trinajstić information content (AvgIpc) is 3.32. The summed E-state index contributed by atoms with van der Waals surface area (Å²) in [5.74, 6) is 0.790. The summed E-state index contributed by atoms with van der Waals surface area (Å²) >= 11 is 1.17. The Bertz CT molecular complexity index is 1230. The number of anilines is 1. The lowest BCUT2D eigenvalue weighted by molar-refractivity contribution is 0.252. The van der Waals surface area contributed by atoms with E-state index in [2.05, 4.69) is 25.8 Å². The SMILES string of the molecule is Cc1nc(NC(=O)NCCc2nc(C3CC3)no2)sc1-c1ccc(S(C)(=O)=O)c(F)c1. The Morgan fingerprint density at radius 1 is 1.32 bits per heavy atom. The molecule has 2 N–H and O–H groups in total. The number of hydrogen-bond donors (Lipinski definition) is 2. The maximum atomic E-state index is 14.2. The van der Waals surface area contributed by atoms with Gasteiger partial charge in [0, 0.05) is 25.1 Å². The van der Waals surface area contributed by atoms with Gasteiger partial charge in [0.25, 0.3) is 0 Å². The predicted molar refractivity (Wildman–Crippen MR) is 112 cm³/mol. The number of sulfone groups is 1. The number of amides is 2. The maximum absolute atomic E-state index is 14.2. The number of benzene rings is 1. The quantitative estimate of drug-likeness (QED) is 0.548. The number of hydrogen-bond acceptors (Lipinski definition) is 8. The first-order valence-electron chi connectivity index (χ1n) is 9.55. The molecule has 1 aromatic carbocycles. The smallest absolute Gasteiger partial charge is 0.321 e. The maximum Gasteiger partial charge on any atom is 0.321 e. The summed E-state index contributed by atoms with van der Waals surface area (Å²) in [4.78, 5) is 21.0. The van der Waals surface area contributed by atoms with E-state index in [0.29, 0.717) is 46.0 Å². The van der Waals surface area contributed by atoms with Crippen LogP contribution >= 0.6 is 11.3 Å². The first kappa shape index (κ1) is 21.4. The molecule has 0 atom stereocenters. The second kappa shape index (κ2) is 8.35. The summed E-state index contributed by atoms with van der Waals surface area (Å²) in [6.07, 6.45) is 3.54. The molecule has 12 heteroatoms. The molecule has 0 unspecified atom stereocenters. The van der Waals surface area contributed by atoms with Crippen LogP contribution in [0.3, 0.4) is 0 Å². The second-order valence-electron chi connectivity index (χ2n) is 7.30. The summed E-state index contributed by atoms with van der Waals surface area (Å²) in [5.41, 5.74) is 1.07. The normalized spacial score (nSPS) is 13.9. The van der Waals surface area contributed by atoms with E-state index in [0.717, 1.165) is 31.0 Å². The fraction of sp³-hybridized carbons (Fsp3) is 0.368. The lowest BCUT2D eigenvalue weighted by Gasteiger charge is -2.04. The van der Waals surface area contributed by atoms with Crippen LogP contribution in [0.15, 0.2) is 27.6 Å². The molecule has 31 heavy (non-hydrogen) atoms. The number of urea groups is 1. The van der Waals surface area contributed by atoms with Gasteiger partial charge in [0.15, 0.2) is 20.8 Å². The first-order valence-corrected chi connectivity index (χ1v) is 12.3. The van der Waals surface area contributed by atoms with Crippen LogP contribution < -0.4 is 10.6 Å². The third kappa shape index (κ3) is 5.07. The van der Waals surface area contributed by atoms with Crippen molar-refractivity contribution in [3.63, 3.8) is 0 Å². The van der Waals surface area contributed by atoms with Gasteiger partial charge in [0.05, 0.1) is 10.6 Å². The van der Waals surface area contributed by atoms with Crippen LogP contribution in [0.1, 0.15) is 36.2 Å². The molecule has 1 fully saturated rings. The summed E-state index contributed by atoms with van der Waals surface area (Å²) in [7, 11) is -3.65. The molecule has 0 aliphatic heterocycles. The topological polar surface area (TPSA) is 127 Å². The lowest BCUT2D eigenvalue weighted by Crippen LogP contribution is -2.30. The van der Waals surface area contributed by atoms with Crippen LogP contribution in [-0.4, -0.2) is 42.4 Å². The zero-order valence-corrected chi connectivity index (χ0v) is 18.4. The highest BCUT2D eigenvalue weighted by Crippen LogP contribution is 2.38. The van der Waals surface area contributed by atoms with Gasteiger partial charge >= 0.3 is 6.03 Å². The van der Waals surface area contributed by atoms with Crippen molar-refractivity contribution < 1.29 is 22.1 Å². The second-order valence-corrected chi connectivity index (χ2v) is 10.3. The van der Waals surface area contributed by atoms with E-state index in [1.807, 2.05) is 0 Å². The molecule has 3 aromatic rings. The van der Waals surface area contributed by atoms with E-state index in [9.17, 15) is 17.6 Å². The minimum Gasteiger partial charge on any atom is -0.339 e. The van der Waals surface area contributed by atoms with Crippen LogP contribution in [0.25, 0.3) is 10.4 Å². The van der Waals surface area contributed by atoms with Crippen molar-refractivity contribution in [3.8, 4) is 10.4 Å². The predicted octanol–water partition coefficient (Wildman–Crippen LogP) is 3.29. The van der Waals surface area contributed by atoms with Gasteiger partial charge in [0.1, 0.15) is 10.7 Å². The zero-order valence-electron chi connectivity index (χ0n) is 16.8. The minimum absolute atomic E-state index is 0.313. The van der Waals surface area contributed by atoms with Crippen LogP contribution in [0.4, 0.5) is 14.3 Å². The Labute approximate surface area is 182 Å². The standard InChI is InChI=1S/C19H20FN5O4S2/c1-10-16(12-5-6-14(13(20)9-12)31(2,27)28)30-19(22-10)24-18(26)21-8-7-15-23-17(25-29-15)11-3-4-11/h5-6,9,11H,3-4,7-8H2,1-2H3,(H2,21,22,24,26). The van der Waals surface area contributed by atoms with Crippen LogP contribution in [0.5, 0.6) is 0 Å². The fourth-order valence-corrected chi connectivity index (χ4v) is 4.65. The highest BCUT2D eigenvalue weighted by Gasteiger charge is 2.28. The highest BCUT2D eigenvalue weighted by atomic mass is 32.2. The first-order chi connectivity index (χ1) is 14.7. The van der Waals surface area contributed by atoms with Crippen molar-refractivity contribution in [2.75, 3.05) is 18.1 Å². The van der Waals surface area contributed by atoms with Crippen LogP contribution in [0, 0.1) is 12.7 Å². The Morgan fingerprint density at radius 2 is 2.10 bits per heavy atom. The number of nitrogens with one attached hydrogen (secondary N) is 2. The summed E-state index contributed by atoms with van der Waals surface area (Å²) in [5, 5.41) is 9.61. The molecule has 2 amide bonds. The number of carbonyl (C=O) groups is 1. The molecule has 0 bridgehead atoms. The summed E-state index contributed by atoms with van der Waals surface area (Å²) < 4.78 is 42.6. The van der Waals surface area contributed by atoms with E-state index >= 15 is 0 Å². The number of aryl methyl sites for hydroxylation is 1. The molecule has 1 aliphatic rings. The number of thiazole rings is 1. The Kier molecular flexibility index (Phi) is 5.75. The molecule has 1 aliphatic carbocycles. The van der Waals surface area contributed by atoms with E-state index in [4.69, 9.17) is 4.52 Å². The Morgan fingerprint density at radius 3 is 2.77 bits per heavy atom. The summed E-state index contributed by atoms with van der Waals surface area (Å²) in [6.45, 7) is 2.04. The number of aromatic nitrogens is 3. The number of nitrogens with zero attached hydrogens (tertiary/aromatic N) is 3. The van der Waals surface area contributed by atoms with E-state index in [-0.39, 0.29) is 4.90 Å². The molecule has 9 nitrogen and oxygen atoms in total. The number of carbonyl (C=O) groups excluding carboxylic acids is 1. The van der Waals surface area contributed by atoms with Crippen molar-refractivity contribution in [3.05, 3.63) is 41.4 Å². The monoisotopic (exact) mass is 465 g/mol. The van der Waals surface area contributed by atoms with Gasteiger partial charge in [0.2, 0.25) is 5.89 Å². The van der Waals surface area contributed by atoms with Gasteiger partial charge in [-0.2, -0.15) is 4.98 Å². The molecule has 0 spiro atoms. The van der Waals surface area contributed by atoms with Crippen molar-refractivity contribution in [1.82, 2.24) is 20.4 Å². The van der Waals surface area contributed by atoms with Crippen LogP contribution in [0.2, 0.25) is 0 Å². The summed E-state index contributed by atoms with van der Waals surface area (Å²) in [6, 6.07) is 3.46. The molecule has 164 valence electrons. The Hall–Kier alpha value is -2.86. The van der Waals surface area contributed by atoms with E-state index in [1.165, 1.54) is 23.5 Å². The van der Waals surface area contributed by atoms with E-state index in [1.54, 1.807) is 6.92 Å². The van der Waals surface area contributed by atoms with Crippen molar-refractivity contribution in [1.29, 1.82) is 0 Å². The Balaban J connectivity index is 1.35. The molecule has 0 radical (unpaired) electrons. The van der Waals surface area contributed by atoms with Crippen molar-refractivity contribution >= 4 is 32.3 Å². The van der Waals surface area contributed by atoms with Gasteiger partial charge in [-0.15, -0.1) is 0 Å². The van der Waals surface area contributed by atoms with Gasteiger partial charge < -0.3 is 9.84 Å². The minimum atomic E-state index is -3.65. The molecule has 0 saturated heterocycles.